The topological polar surface area (TPSA) is 28.2 Å². The Morgan fingerprint density at radius 1 is 1.41 bits per heavy atom. The van der Waals surface area contributed by atoms with Crippen molar-refractivity contribution < 1.29 is 0 Å². The molecule has 17 heavy (non-hydrogen) atoms. The van der Waals surface area contributed by atoms with E-state index < -0.39 is 0 Å². The fraction of sp³-hybridized carbons (Fsp3) is 0.538. The molecule has 0 bridgehead atoms. The summed E-state index contributed by atoms with van der Waals surface area (Å²) in [6, 6.07) is 4.49. The lowest BCUT2D eigenvalue weighted by Crippen LogP contribution is -2.43. The molecule has 3 nitrogen and oxygen atoms in total. The van der Waals surface area contributed by atoms with Crippen molar-refractivity contribution in [1.29, 1.82) is 0 Å². The molecule has 1 aliphatic carbocycles. The van der Waals surface area contributed by atoms with E-state index >= 15 is 0 Å². The molecule has 0 aromatic carbocycles. The highest BCUT2D eigenvalue weighted by molar-refractivity contribution is 7.80. The summed E-state index contributed by atoms with van der Waals surface area (Å²) < 4.78 is 0. The van der Waals surface area contributed by atoms with Crippen LogP contribution in [0.15, 0.2) is 24.5 Å². The second kappa shape index (κ2) is 5.96. The van der Waals surface area contributed by atoms with Crippen molar-refractivity contribution in [2.45, 2.75) is 38.1 Å². The van der Waals surface area contributed by atoms with Gasteiger partial charge in [-0.25, -0.2) is 0 Å². The summed E-state index contributed by atoms with van der Waals surface area (Å²) in [6.45, 7) is 0. The Hall–Kier alpha value is -1.16. The van der Waals surface area contributed by atoms with Gasteiger partial charge in [0.1, 0.15) is 0 Å². The third-order valence-corrected chi connectivity index (χ3v) is 3.66. The Bertz CT molecular complexity index is 360. The van der Waals surface area contributed by atoms with E-state index in [2.05, 4.69) is 10.3 Å². The summed E-state index contributed by atoms with van der Waals surface area (Å²) in [5.74, 6) is 0. The number of rotatable bonds is 2. The molecule has 1 saturated carbocycles. The van der Waals surface area contributed by atoms with Gasteiger partial charge in [-0.1, -0.05) is 19.3 Å². The molecule has 0 unspecified atom stereocenters. The van der Waals surface area contributed by atoms with Crippen LogP contribution in [0.3, 0.4) is 0 Å². The van der Waals surface area contributed by atoms with Crippen molar-refractivity contribution >= 4 is 23.0 Å². The second-order valence-electron chi connectivity index (χ2n) is 4.55. The van der Waals surface area contributed by atoms with Crippen LogP contribution in [-0.2, 0) is 0 Å². The lowest BCUT2D eigenvalue weighted by atomic mass is 9.96. The molecule has 0 radical (unpaired) electrons. The number of nitrogens with zero attached hydrogens (tertiary/aromatic N) is 2. The summed E-state index contributed by atoms with van der Waals surface area (Å²) >= 11 is 5.43. The van der Waals surface area contributed by atoms with Gasteiger partial charge in [-0.2, -0.15) is 0 Å². The molecule has 0 aliphatic heterocycles. The number of aromatic nitrogens is 1. The number of hydrogen-bond acceptors (Lipinski definition) is 2. The lowest BCUT2D eigenvalue weighted by molar-refractivity contribution is 0.414. The molecule has 4 heteroatoms. The number of hydrogen-bond donors (Lipinski definition) is 1. The molecule has 0 spiro atoms. The van der Waals surface area contributed by atoms with Gasteiger partial charge in [-0.3, -0.25) is 4.98 Å². The van der Waals surface area contributed by atoms with Gasteiger partial charge in [0.05, 0.1) is 11.9 Å². The maximum absolute atomic E-state index is 5.43. The zero-order chi connectivity index (χ0) is 12.1. The fourth-order valence-electron chi connectivity index (χ4n) is 2.19. The minimum Gasteiger partial charge on any atom is -0.360 e. The highest BCUT2D eigenvalue weighted by Crippen LogP contribution is 2.18. The van der Waals surface area contributed by atoms with Gasteiger partial charge in [0.25, 0.3) is 0 Å². The van der Waals surface area contributed by atoms with Crippen LogP contribution in [0.25, 0.3) is 0 Å². The summed E-state index contributed by atoms with van der Waals surface area (Å²) in [7, 11) is 1.98. The Kier molecular flexibility index (Phi) is 4.31. The third-order valence-electron chi connectivity index (χ3n) is 3.27. The first kappa shape index (κ1) is 12.3. The minimum atomic E-state index is 0.551. The normalized spacial score (nSPS) is 16.5. The van der Waals surface area contributed by atoms with Crippen LogP contribution in [0.4, 0.5) is 5.69 Å². The zero-order valence-electron chi connectivity index (χ0n) is 10.2. The van der Waals surface area contributed by atoms with Crippen molar-refractivity contribution in [3.8, 4) is 0 Å². The molecular weight excluding hydrogens is 230 g/mol. The van der Waals surface area contributed by atoms with Crippen molar-refractivity contribution in [2.24, 2.45) is 0 Å². The lowest BCUT2D eigenvalue weighted by Gasteiger charge is -2.28. The van der Waals surface area contributed by atoms with Crippen molar-refractivity contribution in [2.75, 3.05) is 11.9 Å². The molecule has 1 aromatic rings. The maximum Gasteiger partial charge on any atom is 0.173 e. The quantitative estimate of drug-likeness (QED) is 0.816. The highest BCUT2D eigenvalue weighted by Gasteiger charge is 2.16. The Balaban J connectivity index is 1.91. The van der Waals surface area contributed by atoms with E-state index in [1.54, 1.807) is 6.20 Å². The largest absolute Gasteiger partial charge is 0.360 e. The first-order valence-corrected chi connectivity index (χ1v) is 6.62. The molecule has 1 heterocycles. The maximum atomic E-state index is 5.43. The number of anilines is 1. The van der Waals surface area contributed by atoms with E-state index in [1.807, 2.05) is 30.3 Å². The molecule has 1 fully saturated rings. The van der Waals surface area contributed by atoms with Crippen LogP contribution in [0, 0.1) is 0 Å². The highest BCUT2D eigenvalue weighted by atomic mass is 32.1. The smallest absolute Gasteiger partial charge is 0.173 e. The number of nitrogens with one attached hydrogen (secondary N) is 1. The Morgan fingerprint density at radius 3 is 2.82 bits per heavy atom. The van der Waals surface area contributed by atoms with E-state index in [-0.39, 0.29) is 0 Å². The van der Waals surface area contributed by atoms with E-state index in [4.69, 9.17) is 12.2 Å². The average Bonchev–Trinajstić information content (AvgIpc) is 2.40. The van der Waals surface area contributed by atoms with E-state index in [1.165, 1.54) is 32.1 Å². The minimum absolute atomic E-state index is 0.551. The predicted molar refractivity (Wildman–Crippen MR) is 75.2 cm³/mol. The van der Waals surface area contributed by atoms with Gasteiger partial charge >= 0.3 is 0 Å². The van der Waals surface area contributed by atoms with Gasteiger partial charge in [-0.05, 0) is 37.2 Å². The van der Waals surface area contributed by atoms with Gasteiger partial charge < -0.3 is 10.2 Å². The summed E-state index contributed by atoms with van der Waals surface area (Å²) in [4.78, 5) is 6.09. The molecule has 0 amide bonds. The SMILES string of the molecule is CN(C(=S)NC1CCCCC1)c1cccnc1. The van der Waals surface area contributed by atoms with Crippen LogP contribution < -0.4 is 10.2 Å². The Labute approximate surface area is 108 Å². The molecule has 1 N–H and O–H groups in total. The van der Waals surface area contributed by atoms with E-state index in [0.717, 1.165) is 10.8 Å². The van der Waals surface area contributed by atoms with Gasteiger partial charge in [0, 0.05) is 19.3 Å². The zero-order valence-corrected chi connectivity index (χ0v) is 11.0. The molecule has 0 atom stereocenters. The predicted octanol–water partition coefficient (Wildman–Crippen LogP) is 2.73. The summed E-state index contributed by atoms with van der Waals surface area (Å²) in [5.41, 5.74) is 1.03. The fourth-order valence-corrected chi connectivity index (χ4v) is 2.46. The summed E-state index contributed by atoms with van der Waals surface area (Å²) in [5, 5.41) is 4.24. The standard InChI is InChI=1S/C13H19N3S/c1-16(12-8-5-9-14-10-12)13(17)15-11-6-3-2-4-7-11/h5,8-11H,2-4,6-7H2,1H3,(H,15,17). The van der Waals surface area contributed by atoms with Gasteiger partial charge in [0.2, 0.25) is 0 Å². The van der Waals surface area contributed by atoms with Crippen molar-refractivity contribution in [3.63, 3.8) is 0 Å². The average molecular weight is 249 g/mol. The molecule has 1 aliphatic rings. The van der Waals surface area contributed by atoms with E-state index in [9.17, 15) is 0 Å². The van der Waals surface area contributed by atoms with Crippen LogP contribution in [0.2, 0.25) is 0 Å². The molecule has 2 rings (SSSR count). The summed E-state index contributed by atoms with van der Waals surface area (Å²) in [6.07, 6.45) is 10.1. The van der Waals surface area contributed by atoms with Crippen LogP contribution in [0.5, 0.6) is 0 Å². The third kappa shape index (κ3) is 3.40. The molecular formula is C13H19N3S. The monoisotopic (exact) mass is 249 g/mol. The molecule has 92 valence electrons. The molecule has 1 aromatic heterocycles. The van der Waals surface area contributed by atoms with Crippen molar-refractivity contribution in [3.05, 3.63) is 24.5 Å². The van der Waals surface area contributed by atoms with Gasteiger partial charge in [-0.15, -0.1) is 0 Å². The van der Waals surface area contributed by atoms with E-state index in [0.29, 0.717) is 6.04 Å². The van der Waals surface area contributed by atoms with Crippen LogP contribution in [0.1, 0.15) is 32.1 Å². The number of pyridine rings is 1. The van der Waals surface area contributed by atoms with Crippen LogP contribution in [-0.4, -0.2) is 23.2 Å². The number of thiocarbonyl (C=S) groups is 1. The van der Waals surface area contributed by atoms with Gasteiger partial charge in [0.15, 0.2) is 5.11 Å². The van der Waals surface area contributed by atoms with Crippen LogP contribution >= 0.6 is 12.2 Å². The molecule has 0 saturated heterocycles. The Morgan fingerprint density at radius 2 is 2.18 bits per heavy atom. The first-order valence-electron chi connectivity index (χ1n) is 6.21. The first-order chi connectivity index (χ1) is 8.27. The second-order valence-corrected chi connectivity index (χ2v) is 4.94. The van der Waals surface area contributed by atoms with Crippen molar-refractivity contribution in [1.82, 2.24) is 10.3 Å².